The number of rotatable bonds is 5. The Morgan fingerprint density at radius 1 is 1.07 bits per heavy atom. The van der Waals surface area contributed by atoms with Crippen LogP contribution < -0.4 is 5.73 Å². The van der Waals surface area contributed by atoms with Gasteiger partial charge < -0.3 is 14.9 Å². The summed E-state index contributed by atoms with van der Waals surface area (Å²) in [6, 6.07) is 15.1. The molecule has 0 saturated carbocycles. The predicted octanol–water partition coefficient (Wildman–Crippen LogP) is 3.68. The lowest BCUT2D eigenvalue weighted by atomic mass is 10.1. The normalized spacial score (nSPS) is 10.5. The van der Waals surface area contributed by atoms with Gasteiger partial charge in [-0.05, 0) is 38.1 Å². The first-order valence-electron chi connectivity index (χ1n) is 8.23. The van der Waals surface area contributed by atoms with Crippen molar-refractivity contribution in [2.24, 2.45) is 5.73 Å². The molecule has 0 spiro atoms. The van der Waals surface area contributed by atoms with Crippen LogP contribution in [-0.4, -0.2) is 12.1 Å². The Kier molecular flexibility index (Phi) is 6.36. The maximum Gasteiger partial charge on any atom is 0.338 e. The van der Waals surface area contributed by atoms with E-state index >= 15 is 0 Å². The Labute approximate surface area is 162 Å². The summed E-state index contributed by atoms with van der Waals surface area (Å²) in [5, 5.41) is 27.0. The standard InChI is InChI=1S/C21H16N4O3/c1-13(2)27-21(26)15-5-3-14(4-6-15)19-8-7-18(28-19)9-16(10-22)20(25)17(11-23)12-24/h3-9,13H,25H2,1-2H3. The summed E-state index contributed by atoms with van der Waals surface area (Å²) in [7, 11) is 0. The van der Waals surface area contributed by atoms with Crippen LogP contribution in [0.4, 0.5) is 0 Å². The van der Waals surface area contributed by atoms with Crippen LogP contribution in [0.15, 0.2) is 57.7 Å². The molecule has 0 aliphatic heterocycles. The van der Waals surface area contributed by atoms with Gasteiger partial charge in [0, 0.05) is 11.6 Å². The van der Waals surface area contributed by atoms with E-state index in [4.69, 9.17) is 25.4 Å². The number of allylic oxidation sites excluding steroid dienone is 2. The Hall–Kier alpha value is -4.28. The van der Waals surface area contributed by atoms with Crippen molar-refractivity contribution < 1.29 is 13.9 Å². The van der Waals surface area contributed by atoms with Crippen molar-refractivity contribution >= 4 is 12.0 Å². The van der Waals surface area contributed by atoms with E-state index in [1.807, 2.05) is 6.07 Å². The molecule has 0 aliphatic carbocycles. The molecule has 0 atom stereocenters. The van der Waals surface area contributed by atoms with Crippen LogP contribution >= 0.6 is 0 Å². The number of nitriles is 3. The average molecular weight is 372 g/mol. The molecule has 1 heterocycles. The molecule has 7 nitrogen and oxygen atoms in total. The van der Waals surface area contributed by atoms with Crippen molar-refractivity contribution in [2.45, 2.75) is 20.0 Å². The highest BCUT2D eigenvalue weighted by molar-refractivity contribution is 5.90. The summed E-state index contributed by atoms with van der Waals surface area (Å²) in [6.45, 7) is 3.55. The van der Waals surface area contributed by atoms with E-state index in [-0.39, 0.29) is 22.9 Å². The summed E-state index contributed by atoms with van der Waals surface area (Å²) < 4.78 is 10.8. The van der Waals surface area contributed by atoms with Crippen LogP contribution in [0.2, 0.25) is 0 Å². The Morgan fingerprint density at radius 2 is 1.71 bits per heavy atom. The van der Waals surface area contributed by atoms with Crippen molar-refractivity contribution in [3.05, 3.63) is 64.6 Å². The van der Waals surface area contributed by atoms with Crippen LogP contribution in [0.5, 0.6) is 0 Å². The van der Waals surface area contributed by atoms with Gasteiger partial charge in [-0.25, -0.2) is 4.79 Å². The smallest absolute Gasteiger partial charge is 0.338 e. The third kappa shape index (κ3) is 4.66. The predicted molar refractivity (Wildman–Crippen MR) is 101 cm³/mol. The van der Waals surface area contributed by atoms with Crippen LogP contribution in [-0.2, 0) is 4.74 Å². The minimum Gasteiger partial charge on any atom is -0.459 e. The van der Waals surface area contributed by atoms with E-state index in [1.54, 1.807) is 62.4 Å². The molecule has 2 rings (SSSR count). The van der Waals surface area contributed by atoms with Gasteiger partial charge in [-0.2, -0.15) is 15.8 Å². The van der Waals surface area contributed by atoms with Gasteiger partial charge >= 0.3 is 5.97 Å². The van der Waals surface area contributed by atoms with Crippen molar-refractivity contribution in [3.8, 4) is 29.5 Å². The first-order chi connectivity index (χ1) is 13.4. The van der Waals surface area contributed by atoms with Crippen LogP contribution in [0.3, 0.4) is 0 Å². The van der Waals surface area contributed by atoms with E-state index in [9.17, 15) is 10.1 Å². The molecule has 138 valence electrons. The molecule has 0 fully saturated rings. The first kappa shape index (κ1) is 20.0. The quantitative estimate of drug-likeness (QED) is 0.480. The van der Waals surface area contributed by atoms with Crippen molar-refractivity contribution in [2.75, 3.05) is 0 Å². The summed E-state index contributed by atoms with van der Waals surface area (Å²) in [6.07, 6.45) is 1.15. The zero-order chi connectivity index (χ0) is 20.7. The van der Waals surface area contributed by atoms with E-state index in [0.717, 1.165) is 5.56 Å². The topological polar surface area (TPSA) is 137 Å². The molecule has 0 unspecified atom stereocenters. The molecule has 2 N–H and O–H groups in total. The molecular formula is C21H16N4O3. The van der Waals surface area contributed by atoms with Gasteiger partial charge in [0.1, 0.15) is 29.7 Å². The molecule has 0 bridgehead atoms. The molecule has 7 heteroatoms. The highest BCUT2D eigenvalue weighted by atomic mass is 16.5. The van der Waals surface area contributed by atoms with Crippen LogP contribution in [0.1, 0.15) is 30.0 Å². The van der Waals surface area contributed by atoms with Gasteiger partial charge in [0.15, 0.2) is 5.57 Å². The highest BCUT2D eigenvalue weighted by Crippen LogP contribution is 2.25. The molecule has 28 heavy (non-hydrogen) atoms. The van der Waals surface area contributed by atoms with Gasteiger partial charge in [-0.3, -0.25) is 0 Å². The number of carbonyl (C=O) groups is 1. The molecular weight excluding hydrogens is 356 g/mol. The third-order valence-electron chi connectivity index (χ3n) is 3.56. The monoisotopic (exact) mass is 372 g/mol. The van der Waals surface area contributed by atoms with E-state index < -0.39 is 5.97 Å². The van der Waals surface area contributed by atoms with Crippen molar-refractivity contribution in [3.63, 3.8) is 0 Å². The number of esters is 1. The summed E-state index contributed by atoms with van der Waals surface area (Å²) >= 11 is 0. The molecule has 0 saturated heterocycles. The second-order valence-corrected chi connectivity index (χ2v) is 5.92. The van der Waals surface area contributed by atoms with Gasteiger partial charge in [0.25, 0.3) is 0 Å². The lowest BCUT2D eigenvalue weighted by Gasteiger charge is -2.07. The molecule has 0 radical (unpaired) electrons. The first-order valence-corrected chi connectivity index (χ1v) is 8.23. The maximum atomic E-state index is 11.9. The molecule has 0 amide bonds. The third-order valence-corrected chi connectivity index (χ3v) is 3.56. The summed E-state index contributed by atoms with van der Waals surface area (Å²) in [4.78, 5) is 11.9. The number of carbonyl (C=O) groups excluding carboxylic acids is 1. The molecule has 1 aromatic heterocycles. The second-order valence-electron chi connectivity index (χ2n) is 5.92. The minimum atomic E-state index is -0.406. The number of furan rings is 1. The minimum absolute atomic E-state index is 0.0502. The number of hydrogen-bond donors (Lipinski definition) is 1. The van der Waals surface area contributed by atoms with Crippen molar-refractivity contribution in [1.82, 2.24) is 0 Å². The maximum absolute atomic E-state index is 11.9. The lowest BCUT2D eigenvalue weighted by Crippen LogP contribution is -2.11. The number of benzene rings is 1. The Morgan fingerprint density at radius 3 is 2.25 bits per heavy atom. The van der Waals surface area contributed by atoms with Gasteiger partial charge in [0.2, 0.25) is 0 Å². The Bertz CT molecular complexity index is 1050. The van der Waals surface area contributed by atoms with Crippen LogP contribution in [0, 0.1) is 34.0 Å². The summed E-state index contributed by atoms with van der Waals surface area (Å²) in [5.74, 6) is 0.431. The zero-order valence-electron chi connectivity index (χ0n) is 15.3. The number of ether oxygens (including phenoxy) is 1. The van der Waals surface area contributed by atoms with E-state index in [1.165, 1.54) is 6.08 Å². The number of nitrogens with zero attached hydrogens (tertiary/aromatic N) is 3. The molecule has 0 aliphatic rings. The SMILES string of the molecule is CC(C)OC(=O)c1ccc(-c2ccc(C=C(C#N)C(N)=C(C#N)C#N)o2)cc1. The van der Waals surface area contributed by atoms with Gasteiger partial charge in [0.05, 0.1) is 22.9 Å². The fourth-order valence-corrected chi connectivity index (χ4v) is 2.23. The fourth-order valence-electron chi connectivity index (χ4n) is 2.23. The van der Waals surface area contributed by atoms with Gasteiger partial charge in [-0.15, -0.1) is 0 Å². The fraction of sp³-hybridized carbons (Fsp3) is 0.143. The van der Waals surface area contributed by atoms with E-state index in [2.05, 4.69) is 0 Å². The number of hydrogen-bond acceptors (Lipinski definition) is 7. The zero-order valence-corrected chi connectivity index (χ0v) is 15.3. The summed E-state index contributed by atoms with van der Waals surface area (Å²) in [5.41, 5.74) is 6.24. The average Bonchev–Trinajstić information content (AvgIpc) is 3.15. The van der Waals surface area contributed by atoms with E-state index in [0.29, 0.717) is 17.1 Å². The molecule has 1 aromatic carbocycles. The number of nitrogens with two attached hydrogens (primary N) is 1. The molecule has 2 aromatic rings. The second kappa shape index (κ2) is 8.89. The largest absolute Gasteiger partial charge is 0.459 e. The highest BCUT2D eigenvalue weighted by Gasteiger charge is 2.12. The Balaban J connectivity index is 2.28. The van der Waals surface area contributed by atoms with Crippen molar-refractivity contribution in [1.29, 1.82) is 15.8 Å². The van der Waals surface area contributed by atoms with Crippen LogP contribution in [0.25, 0.3) is 17.4 Å². The van der Waals surface area contributed by atoms with Gasteiger partial charge in [-0.1, -0.05) is 12.1 Å². The lowest BCUT2D eigenvalue weighted by molar-refractivity contribution is 0.0378.